The van der Waals surface area contributed by atoms with Crippen LogP contribution in [0.25, 0.3) is 0 Å². The van der Waals surface area contributed by atoms with E-state index < -0.39 is 0 Å². The average molecular weight is 271 g/mol. The zero-order valence-corrected chi connectivity index (χ0v) is 11.5. The van der Waals surface area contributed by atoms with Gasteiger partial charge in [0.25, 0.3) is 0 Å². The molecule has 96 valence electrons. The molecule has 0 saturated carbocycles. The smallest absolute Gasteiger partial charge is 0.0992 e. The molecule has 0 spiro atoms. The lowest BCUT2D eigenvalue weighted by atomic mass is 10.1. The summed E-state index contributed by atoms with van der Waals surface area (Å²) in [5, 5.41) is 12.9. The van der Waals surface area contributed by atoms with Crippen LogP contribution in [0, 0.1) is 11.3 Å². The highest BCUT2D eigenvalue weighted by atomic mass is 35.5. The zero-order valence-electron chi connectivity index (χ0n) is 10.7. The van der Waals surface area contributed by atoms with Gasteiger partial charge in [-0.15, -0.1) is 0 Å². The van der Waals surface area contributed by atoms with Crippen molar-refractivity contribution < 1.29 is 0 Å². The van der Waals surface area contributed by atoms with Crippen LogP contribution in [0.1, 0.15) is 29.7 Å². The maximum absolute atomic E-state index is 8.80. The molecule has 0 aliphatic heterocycles. The van der Waals surface area contributed by atoms with Crippen LogP contribution >= 0.6 is 11.6 Å². The molecular formula is C16H15ClN2. The molecule has 1 atom stereocenters. The van der Waals surface area contributed by atoms with Crippen molar-refractivity contribution in [2.24, 2.45) is 0 Å². The molecule has 0 unspecified atom stereocenters. The summed E-state index contributed by atoms with van der Waals surface area (Å²) in [6.45, 7) is 2.80. The van der Waals surface area contributed by atoms with E-state index in [9.17, 15) is 0 Å². The van der Waals surface area contributed by atoms with Crippen molar-refractivity contribution in [1.29, 1.82) is 5.26 Å². The van der Waals surface area contributed by atoms with Gasteiger partial charge in [-0.05, 0) is 30.2 Å². The molecule has 0 aliphatic carbocycles. The molecule has 0 heterocycles. The minimum atomic E-state index is 0.257. The molecule has 2 nitrogen and oxygen atoms in total. The lowest BCUT2D eigenvalue weighted by molar-refractivity contribution is 0.575. The molecule has 1 N–H and O–H groups in total. The first-order valence-corrected chi connectivity index (χ1v) is 6.55. The van der Waals surface area contributed by atoms with E-state index in [-0.39, 0.29) is 6.04 Å². The normalized spacial score (nSPS) is 11.8. The summed E-state index contributed by atoms with van der Waals surface area (Å²) in [6, 6.07) is 18.0. The van der Waals surface area contributed by atoms with Crippen LogP contribution in [0.3, 0.4) is 0 Å². The number of hydrogen-bond acceptors (Lipinski definition) is 2. The Morgan fingerprint density at radius 1 is 1.21 bits per heavy atom. The Hall–Kier alpha value is -1.82. The molecule has 0 aromatic heterocycles. The quantitative estimate of drug-likeness (QED) is 0.909. The molecule has 2 aromatic rings. The highest BCUT2D eigenvalue weighted by Gasteiger charge is 2.06. The number of hydrogen-bond donors (Lipinski definition) is 1. The van der Waals surface area contributed by atoms with Crippen molar-refractivity contribution in [2.45, 2.75) is 19.5 Å². The van der Waals surface area contributed by atoms with Crippen molar-refractivity contribution >= 4 is 11.6 Å². The van der Waals surface area contributed by atoms with Crippen molar-refractivity contribution in [3.8, 4) is 6.07 Å². The van der Waals surface area contributed by atoms with Gasteiger partial charge in [0.15, 0.2) is 0 Å². The van der Waals surface area contributed by atoms with Crippen molar-refractivity contribution in [3.63, 3.8) is 0 Å². The Labute approximate surface area is 118 Å². The molecule has 2 aromatic carbocycles. The van der Waals surface area contributed by atoms with Crippen molar-refractivity contribution in [1.82, 2.24) is 5.32 Å². The van der Waals surface area contributed by atoms with Gasteiger partial charge < -0.3 is 5.32 Å². The van der Waals surface area contributed by atoms with Crippen LogP contribution in [0.4, 0.5) is 0 Å². The summed E-state index contributed by atoms with van der Waals surface area (Å²) in [6.07, 6.45) is 0. The van der Waals surface area contributed by atoms with Crippen LogP contribution in [-0.2, 0) is 6.54 Å². The number of nitriles is 1. The van der Waals surface area contributed by atoms with Gasteiger partial charge in [-0.25, -0.2) is 0 Å². The molecule has 0 amide bonds. The third-order valence-corrected chi connectivity index (χ3v) is 3.43. The predicted molar refractivity (Wildman–Crippen MR) is 77.9 cm³/mol. The maximum atomic E-state index is 8.80. The van der Waals surface area contributed by atoms with Gasteiger partial charge in [0.05, 0.1) is 11.6 Å². The molecule has 0 bridgehead atoms. The lowest BCUT2D eigenvalue weighted by Gasteiger charge is -2.15. The Morgan fingerprint density at radius 2 is 1.95 bits per heavy atom. The predicted octanol–water partition coefficient (Wildman–Crippen LogP) is 4.06. The minimum Gasteiger partial charge on any atom is -0.306 e. The SMILES string of the molecule is C[C@H](NCc1ccc(C#N)cc1Cl)c1ccccc1. The van der Waals surface area contributed by atoms with E-state index >= 15 is 0 Å². The summed E-state index contributed by atoms with van der Waals surface area (Å²) < 4.78 is 0. The van der Waals surface area contributed by atoms with Gasteiger partial charge in [0.1, 0.15) is 0 Å². The summed E-state index contributed by atoms with van der Waals surface area (Å²) in [7, 11) is 0. The topological polar surface area (TPSA) is 35.8 Å². The molecule has 3 heteroatoms. The van der Waals surface area contributed by atoms with E-state index in [1.807, 2.05) is 24.3 Å². The third-order valence-electron chi connectivity index (χ3n) is 3.08. The van der Waals surface area contributed by atoms with Crippen LogP contribution < -0.4 is 5.32 Å². The second kappa shape index (κ2) is 6.38. The Bertz CT molecular complexity index is 587. The monoisotopic (exact) mass is 270 g/mol. The van der Waals surface area contributed by atoms with E-state index in [1.165, 1.54) is 5.56 Å². The standard InChI is InChI=1S/C16H15ClN2/c1-12(14-5-3-2-4-6-14)19-11-15-8-7-13(10-18)9-16(15)17/h2-9,12,19H,11H2,1H3/t12-/m0/s1. The van der Waals surface area contributed by atoms with Gasteiger partial charge >= 0.3 is 0 Å². The van der Waals surface area contributed by atoms with E-state index in [1.54, 1.807) is 12.1 Å². The van der Waals surface area contributed by atoms with Gasteiger partial charge in [-0.3, -0.25) is 0 Å². The van der Waals surface area contributed by atoms with Crippen LogP contribution in [0.15, 0.2) is 48.5 Å². The van der Waals surface area contributed by atoms with Gasteiger partial charge in [-0.2, -0.15) is 5.26 Å². The number of rotatable bonds is 4. The summed E-state index contributed by atoms with van der Waals surface area (Å²) in [4.78, 5) is 0. The number of benzene rings is 2. The van der Waals surface area contributed by atoms with E-state index in [4.69, 9.17) is 16.9 Å². The first-order valence-electron chi connectivity index (χ1n) is 6.17. The maximum Gasteiger partial charge on any atom is 0.0992 e. The zero-order chi connectivity index (χ0) is 13.7. The number of nitrogens with zero attached hydrogens (tertiary/aromatic N) is 1. The average Bonchev–Trinajstić information content (AvgIpc) is 2.46. The Kier molecular flexibility index (Phi) is 4.57. The van der Waals surface area contributed by atoms with Crippen LogP contribution in [0.5, 0.6) is 0 Å². The molecular weight excluding hydrogens is 256 g/mol. The molecule has 0 aliphatic rings. The molecule has 2 rings (SSSR count). The summed E-state index contributed by atoms with van der Waals surface area (Å²) in [5.74, 6) is 0. The molecule has 0 saturated heterocycles. The highest BCUT2D eigenvalue weighted by molar-refractivity contribution is 6.31. The number of halogens is 1. The molecule has 0 radical (unpaired) electrons. The summed E-state index contributed by atoms with van der Waals surface area (Å²) >= 11 is 6.15. The summed E-state index contributed by atoms with van der Waals surface area (Å²) in [5.41, 5.74) is 2.83. The first kappa shape index (κ1) is 13.6. The fourth-order valence-electron chi connectivity index (χ4n) is 1.88. The Balaban J connectivity index is 2.01. The van der Waals surface area contributed by atoms with E-state index in [0.717, 1.165) is 5.56 Å². The van der Waals surface area contributed by atoms with E-state index in [2.05, 4.69) is 30.4 Å². The fraction of sp³-hybridized carbons (Fsp3) is 0.188. The molecule has 19 heavy (non-hydrogen) atoms. The number of nitrogens with one attached hydrogen (secondary N) is 1. The molecule has 0 fully saturated rings. The van der Waals surface area contributed by atoms with Crippen LogP contribution in [0.2, 0.25) is 5.02 Å². The van der Waals surface area contributed by atoms with Gasteiger partial charge in [0, 0.05) is 17.6 Å². The highest BCUT2D eigenvalue weighted by Crippen LogP contribution is 2.19. The van der Waals surface area contributed by atoms with E-state index in [0.29, 0.717) is 17.1 Å². The van der Waals surface area contributed by atoms with Gasteiger partial charge in [-0.1, -0.05) is 48.0 Å². The minimum absolute atomic E-state index is 0.257. The van der Waals surface area contributed by atoms with Crippen molar-refractivity contribution in [3.05, 3.63) is 70.2 Å². The Morgan fingerprint density at radius 3 is 2.58 bits per heavy atom. The lowest BCUT2D eigenvalue weighted by Crippen LogP contribution is -2.18. The van der Waals surface area contributed by atoms with Crippen LogP contribution in [-0.4, -0.2) is 0 Å². The second-order valence-electron chi connectivity index (χ2n) is 4.43. The largest absolute Gasteiger partial charge is 0.306 e. The van der Waals surface area contributed by atoms with Crippen molar-refractivity contribution in [2.75, 3.05) is 0 Å². The second-order valence-corrected chi connectivity index (χ2v) is 4.84. The van der Waals surface area contributed by atoms with Gasteiger partial charge in [0.2, 0.25) is 0 Å². The first-order chi connectivity index (χ1) is 9.20. The third kappa shape index (κ3) is 3.57. The fourth-order valence-corrected chi connectivity index (χ4v) is 2.13.